The van der Waals surface area contributed by atoms with Gasteiger partial charge in [0.05, 0.1) is 5.56 Å². The first kappa shape index (κ1) is 19.5. The first-order valence-corrected chi connectivity index (χ1v) is 11.4. The fourth-order valence-electron chi connectivity index (χ4n) is 3.81. The van der Waals surface area contributed by atoms with Gasteiger partial charge in [-0.1, -0.05) is 53.2 Å². The average molecular weight is 460 g/mol. The van der Waals surface area contributed by atoms with Crippen LogP contribution in [0.25, 0.3) is 0 Å². The summed E-state index contributed by atoms with van der Waals surface area (Å²) in [6.07, 6.45) is 4.34. The van der Waals surface area contributed by atoms with Crippen molar-refractivity contribution < 1.29 is 4.79 Å². The summed E-state index contributed by atoms with van der Waals surface area (Å²) in [5.41, 5.74) is 2.94. The van der Waals surface area contributed by atoms with Crippen molar-refractivity contribution in [1.29, 1.82) is 0 Å². The van der Waals surface area contributed by atoms with Gasteiger partial charge in [-0.2, -0.15) is 0 Å². The quantitative estimate of drug-likeness (QED) is 0.374. The maximum Gasteiger partial charge on any atom is 0.257 e. The lowest BCUT2D eigenvalue weighted by atomic mass is 9.76. The number of allylic oxidation sites excluding steroid dienone is 2. The molecule has 1 aromatic carbocycles. The van der Waals surface area contributed by atoms with Gasteiger partial charge in [0.25, 0.3) is 5.56 Å². The summed E-state index contributed by atoms with van der Waals surface area (Å²) in [6, 6.07) is 7.84. The number of hydrogen-bond acceptors (Lipinski definition) is 5. The smallest absolute Gasteiger partial charge is 0.257 e. The Labute approximate surface area is 176 Å². The number of nitrogens with one attached hydrogen (secondary N) is 2. The molecule has 1 atom stereocenters. The molecule has 0 amide bonds. The highest BCUT2D eigenvalue weighted by Crippen LogP contribution is 2.43. The predicted octanol–water partition coefficient (Wildman–Crippen LogP) is 4.99. The van der Waals surface area contributed by atoms with E-state index in [2.05, 4.69) is 33.2 Å². The third-order valence-corrected chi connectivity index (χ3v) is 6.66. The number of hydrogen-bond donors (Lipinski definition) is 2. The average Bonchev–Trinajstić information content (AvgIpc) is 2.67. The van der Waals surface area contributed by atoms with Crippen LogP contribution in [0.2, 0.25) is 0 Å². The summed E-state index contributed by atoms with van der Waals surface area (Å²) in [7, 11) is 0. The Morgan fingerprint density at radius 3 is 2.75 bits per heavy atom. The lowest BCUT2D eigenvalue weighted by molar-refractivity contribution is -0.116. The molecule has 0 radical (unpaired) electrons. The number of Topliss-reactive ketones (excluding diaryl/α,β-unsaturated/α-hetero) is 1. The van der Waals surface area contributed by atoms with Crippen molar-refractivity contribution in [2.45, 2.75) is 50.1 Å². The molecule has 28 heavy (non-hydrogen) atoms. The van der Waals surface area contributed by atoms with Gasteiger partial charge in [-0.15, -0.1) is 0 Å². The number of benzene rings is 1. The van der Waals surface area contributed by atoms with Crippen molar-refractivity contribution in [3.05, 3.63) is 61.5 Å². The van der Waals surface area contributed by atoms with Gasteiger partial charge in [0.15, 0.2) is 10.9 Å². The highest BCUT2D eigenvalue weighted by Gasteiger charge is 2.37. The predicted molar refractivity (Wildman–Crippen MR) is 116 cm³/mol. The molecule has 2 N–H and O–H groups in total. The molecule has 146 valence electrons. The zero-order chi connectivity index (χ0) is 19.7. The van der Waals surface area contributed by atoms with E-state index in [0.717, 1.165) is 52.7 Å². The molecule has 0 saturated carbocycles. The van der Waals surface area contributed by atoms with Gasteiger partial charge in [-0.05, 0) is 37.0 Å². The highest BCUT2D eigenvalue weighted by atomic mass is 79.9. The molecular formula is C21H22BrN3O2S. The highest BCUT2D eigenvalue weighted by molar-refractivity contribution is 9.10. The van der Waals surface area contributed by atoms with E-state index < -0.39 is 0 Å². The van der Waals surface area contributed by atoms with Crippen LogP contribution in [0.3, 0.4) is 0 Å². The second-order valence-corrected chi connectivity index (χ2v) is 9.11. The molecule has 5 nitrogen and oxygen atoms in total. The van der Waals surface area contributed by atoms with Crippen LogP contribution in [0.5, 0.6) is 0 Å². The van der Waals surface area contributed by atoms with Gasteiger partial charge in [0, 0.05) is 33.8 Å². The minimum atomic E-state index is -0.377. The molecule has 1 unspecified atom stereocenters. The van der Waals surface area contributed by atoms with Crippen molar-refractivity contribution >= 4 is 39.3 Å². The normalized spacial score (nSPS) is 18.5. The Hall–Kier alpha value is -1.86. The number of rotatable bonds is 5. The maximum atomic E-state index is 13.1. The number of H-pyrrole nitrogens is 1. The van der Waals surface area contributed by atoms with Crippen LogP contribution in [0.15, 0.2) is 50.0 Å². The number of aromatic nitrogens is 2. The molecule has 4 rings (SSSR count). The SMILES string of the molecule is CCCCSc1nc2c(c(=O)[nH]1)C(c1ccc(Br)cc1)C1=C(CCCC1=O)N2. The fraction of sp³-hybridized carbons (Fsp3) is 0.381. The molecular weight excluding hydrogens is 438 g/mol. The van der Waals surface area contributed by atoms with Crippen molar-refractivity contribution in [2.24, 2.45) is 0 Å². The number of carbonyl (C=O) groups is 1. The van der Waals surface area contributed by atoms with Crippen LogP contribution in [0.4, 0.5) is 5.82 Å². The number of anilines is 1. The number of aromatic amines is 1. The van der Waals surface area contributed by atoms with E-state index in [9.17, 15) is 9.59 Å². The number of ketones is 1. The largest absolute Gasteiger partial charge is 0.343 e. The lowest BCUT2D eigenvalue weighted by Crippen LogP contribution is -2.32. The topological polar surface area (TPSA) is 74.8 Å². The molecule has 1 aliphatic heterocycles. The van der Waals surface area contributed by atoms with Crippen LogP contribution >= 0.6 is 27.7 Å². The summed E-state index contributed by atoms with van der Waals surface area (Å²) >= 11 is 5.03. The monoisotopic (exact) mass is 459 g/mol. The standard InChI is InChI=1S/C21H22BrN3O2S/c1-2-3-11-28-21-24-19-18(20(27)25-21)16(12-7-9-13(22)10-8-12)17-14(23-19)5-4-6-15(17)26/h7-10,16H,2-6,11H2,1H3,(H2,23,24,25,27). The van der Waals surface area contributed by atoms with Crippen molar-refractivity contribution in [2.75, 3.05) is 11.1 Å². The number of fused-ring (bicyclic) bond motifs is 1. The molecule has 1 aromatic heterocycles. The van der Waals surface area contributed by atoms with Crippen LogP contribution in [0, 0.1) is 0 Å². The zero-order valence-electron chi connectivity index (χ0n) is 15.7. The fourth-order valence-corrected chi connectivity index (χ4v) is 5.02. The van der Waals surface area contributed by atoms with Gasteiger partial charge < -0.3 is 10.3 Å². The minimum absolute atomic E-state index is 0.119. The Kier molecular flexibility index (Phi) is 5.73. The van der Waals surface area contributed by atoms with Crippen LogP contribution in [-0.2, 0) is 4.79 Å². The second-order valence-electron chi connectivity index (χ2n) is 7.11. The van der Waals surface area contributed by atoms with Crippen molar-refractivity contribution in [3.63, 3.8) is 0 Å². The summed E-state index contributed by atoms with van der Waals surface area (Å²) in [5.74, 6) is 1.25. The van der Waals surface area contributed by atoms with Crippen LogP contribution in [-0.4, -0.2) is 21.5 Å². The molecule has 2 aliphatic rings. The van der Waals surface area contributed by atoms with E-state index in [0.29, 0.717) is 23.0 Å². The third-order valence-electron chi connectivity index (χ3n) is 5.18. The molecule has 2 heterocycles. The van der Waals surface area contributed by atoms with Crippen molar-refractivity contribution in [1.82, 2.24) is 9.97 Å². The first-order valence-electron chi connectivity index (χ1n) is 9.64. The van der Waals surface area contributed by atoms with E-state index in [1.165, 1.54) is 0 Å². The van der Waals surface area contributed by atoms with Crippen LogP contribution in [0.1, 0.15) is 56.1 Å². The van der Waals surface area contributed by atoms with E-state index >= 15 is 0 Å². The van der Waals surface area contributed by atoms with Gasteiger partial charge in [0.2, 0.25) is 0 Å². The minimum Gasteiger partial charge on any atom is -0.343 e. The molecule has 0 saturated heterocycles. The van der Waals surface area contributed by atoms with E-state index in [1.807, 2.05) is 24.3 Å². The number of carbonyl (C=O) groups excluding carboxylic acids is 1. The summed E-state index contributed by atoms with van der Waals surface area (Å²) in [6.45, 7) is 2.14. The summed E-state index contributed by atoms with van der Waals surface area (Å²) in [5, 5.41) is 3.95. The summed E-state index contributed by atoms with van der Waals surface area (Å²) in [4.78, 5) is 33.5. The Bertz CT molecular complexity index is 998. The Morgan fingerprint density at radius 2 is 2.00 bits per heavy atom. The number of nitrogens with zero attached hydrogens (tertiary/aromatic N) is 1. The zero-order valence-corrected chi connectivity index (χ0v) is 18.1. The van der Waals surface area contributed by atoms with Gasteiger partial charge >= 0.3 is 0 Å². The number of halogens is 1. The van der Waals surface area contributed by atoms with Gasteiger partial charge in [-0.25, -0.2) is 4.98 Å². The van der Waals surface area contributed by atoms with Gasteiger partial charge in [-0.3, -0.25) is 9.59 Å². The van der Waals surface area contributed by atoms with Crippen LogP contribution < -0.4 is 10.9 Å². The molecule has 7 heteroatoms. The Morgan fingerprint density at radius 1 is 1.21 bits per heavy atom. The lowest BCUT2D eigenvalue weighted by Gasteiger charge is -2.32. The van der Waals surface area contributed by atoms with Gasteiger partial charge in [0.1, 0.15) is 5.82 Å². The molecule has 2 aromatic rings. The number of thioether (sulfide) groups is 1. The molecule has 0 bridgehead atoms. The second kappa shape index (κ2) is 8.25. The molecule has 0 fully saturated rings. The third kappa shape index (κ3) is 3.70. The van der Waals surface area contributed by atoms with E-state index in [-0.39, 0.29) is 17.3 Å². The number of unbranched alkanes of at least 4 members (excludes halogenated alkanes) is 1. The van der Waals surface area contributed by atoms with E-state index in [1.54, 1.807) is 11.8 Å². The molecule has 0 spiro atoms. The Balaban J connectivity index is 1.83. The summed E-state index contributed by atoms with van der Waals surface area (Å²) < 4.78 is 0.962. The van der Waals surface area contributed by atoms with E-state index in [4.69, 9.17) is 4.98 Å². The van der Waals surface area contributed by atoms with Crippen molar-refractivity contribution in [3.8, 4) is 0 Å². The molecule has 1 aliphatic carbocycles. The first-order chi connectivity index (χ1) is 13.6. The maximum absolute atomic E-state index is 13.1.